The first-order valence-electron chi connectivity index (χ1n) is 13.8. The molecule has 1 aromatic heterocycles. The van der Waals surface area contributed by atoms with Gasteiger partial charge in [0.1, 0.15) is 5.82 Å². The molecule has 0 spiro atoms. The minimum absolute atomic E-state index is 0.0391. The number of likely N-dealkylation sites (tertiary alicyclic amines) is 1. The van der Waals surface area contributed by atoms with Crippen molar-refractivity contribution in [3.8, 4) is 11.5 Å². The molecule has 2 fully saturated rings. The van der Waals surface area contributed by atoms with Gasteiger partial charge in [-0.2, -0.15) is 8.78 Å². The van der Waals surface area contributed by atoms with E-state index in [9.17, 15) is 23.5 Å². The molecule has 0 aliphatic carbocycles. The summed E-state index contributed by atoms with van der Waals surface area (Å²) in [5.74, 6) is -0.803. The molecule has 224 valence electrons. The minimum Gasteiger partial charge on any atom is -0.490 e. The number of carbonyl (C=O) groups is 2. The number of pyridine rings is 1. The molecule has 2 saturated heterocycles. The highest BCUT2D eigenvalue weighted by Crippen LogP contribution is 2.48. The number of nitrogens with zero attached hydrogens (tertiary/aromatic N) is 3. The molecular weight excluding hydrogens is 553 g/mol. The van der Waals surface area contributed by atoms with E-state index in [0.29, 0.717) is 30.8 Å². The van der Waals surface area contributed by atoms with E-state index in [0.717, 1.165) is 5.56 Å². The average Bonchev–Trinajstić information content (AvgIpc) is 2.92. The van der Waals surface area contributed by atoms with Crippen molar-refractivity contribution in [3.63, 3.8) is 0 Å². The van der Waals surface area contributed by atoms with Crippen LogP contribution in [0.15, 0.2) is 42.6 Å². The fourth-order valence-corrected chi connectivity index (χ4v) is 5.86. The number of nitrogens with one attached hydrogen (secondary N) is 1. The Bertz CT molecular complexity index is 1520. The lowest BCUT2D eigenvalue weighted by molar-refractivity contribution is -0.128. The molecule has 1 atom stereocenters. The first-order chi connectivity index (χ1) is 19.9. The summed E-state index contributed by atoms with van der Waals surface area (Å²) in [4.78, 5) is 31.6. The summed E-state index contributed by atoms with van der Waals surface area (Å²) in [5.41, 5.74) is -0.626. The number of rotatable bonds is 8. The summed E-state index contributed by atoms with van der Waals surface area (Å²) in [7, 11) is 0. The molecule has 0 saturated carbocycles. The summed E-state index contributed by atoms with van der Waals surface area (Å²) >= 11 is 0. The number of imide groups is 1. The highest BCUT2D eigenvalue weighted by atomic mass is 19.3. The Morgan fingerprint density at radius 3 is 2.60 bits per heavy atom. The zero-order valence-electron chi connectivity index (χ0n) is 23.6. The van der Waals surface area contributed by atoms with Crippen LogP contribution in [0.4, 0.5) is 23.7 Å². The second-order valence-electron chi connectivity index (χ2n) is 11.2. The number of alkyl halides is 2. The van der Waals surface area contributed by atoms with Gasteiger partial charge in [0.15, 0.2) is 11.5 Å². The predicted molar refractivity (Wildman–Crippen MR) is 149 cm³/mol. The molecule has 2 aromatic carbocycles. The SMILES string of the molecule is CCOc1cc(CN2CC[C@](O)(c3ccc4ncc(N5CCC(=O)NC5=O)cc4c3F)C(C)(C)C2)ccc1OC(F)F. The van der Waals surface area contributed by atoms with Gasteiger partial charge in [-0.25, -0.2) is 9.18 Å². The number of carbonyl (C=O) groups excluding carboxylic acids is 2. The lowest BCUT2D eigenvalue weighted by Gasteiger charge is -2.50. The van der Waals surface area contributed by atoms with Gasteiger partial charge in [-0.15, -0.1) is 0 Å². The highest BCUT2D eigenvalue weighted by Gasteiger charge is 2.50. The minimum atomic E-state index is -2.97. The lowest BCUT2D eigenvalue weighted by Crippen LogP contribution is -2.55. The van der Waals surface area contributed by atoms with Crippen LogP contribution in [-0.4, -0.2) is 59.8 Å². The van der Waals surface area contributed by atoms with Crippen molar-refractivity contribution in [3.05, 3.63) is 59.5 Å². The van der Waals surface area contributed by atoms with Crippen molar-refractivity contribution in [1.82, 2.24) is 15.2 Å². The lowest BCUT2D eigenvalue weighted by atomic mass is 9.66. The summed E-state index contributed by atoms with van der Waals surface area (Å²) < 4.78 is 51.8. The Morgan fingerprint density at radius 2 is 1.90 bits per heavy atom. The molecule has 42 heavy (non-hydrogen) atoms. The largest absolute Gasteiger partial charge is 0.490 e. The molecule has 2 aliphatic heterocycles. The second kappa shape index (κ2) is 11.4. The third-order valence-electron chi connectivity index (χ3n) is 8.05. The van der Waals surface area contributed by atoms with Crippen LogP contribution in [0, 0.1) is 11.2 Å². The number of halogens is 3. The van der Waals surface area contributed by atoms with E-state index in [4.69, 9.17) is 4.74 Å². The van der Waals surface area contributed by atoms with Crippen LogP contribution >= 0.6 is 0 Å². The van der Waals surface area contributed by atoms with E-state index in [1.807, 2.05) is 13.8 Å². The van der Waals surface area contributed by atoms with E-state index in [2.05, 4.69) is 19.9 Å². The maximum Gasteiger partial charge on any atom is 0.387 e. The molecule has 0 radical (unpaired) electrons. The van der Waals surface area contributed by atoms with E-state index in [-0.39, 0.29) is 54.3 Å². The van der Waals surface area contributed by atoms with Gasteiger partial charge in [0.2, 0.25) is 5.91 Å². The zero-order valence-corrected chi connectivity index (χ0v) is 23.6. The molecule has 2 N–H and O–H groups in total. The van der Waals surface area contributed by atoms with Crippen molar-refractivity contribution in [2.75, 3.05) is 31.1 Å². The number of aromatic nitrogens is 1. The molecule has 12 heteroatoms. The first kappa shape index (κ1) is 29.6. The third-order valence-corrected chi connectivity index (χ3v) is 8.05. The summed E-state index contributed by atoms with van der Waals surface area (Å²) in [6, 6.07) is 8.94. The van der Waals surface area contributed by atoms with Gasteiger partial charge in [-0.1, -0.05) is 26.0 Å². The molecule has 0 bridgehead atoms. The number of anilines is 1. The molecular formula is C30H33F3N4O5. The third kappa shape index (κ3) is 5.60. The molecule has 5 rings (SSSR count). The van der Waals surface area contributed by atoms with Gasteiger partial charge in [0.05, 0.1) is 29.6 Å². The Hall–Kier alpha value is -3.90. The van der Waals surface area contributed by atoms with Crippen molar-refractivity contribution in [2.24, 2.45) is 5.41 Å². The van der Waals surface area contributed by atoms with Crippen LogP contribution in [0.3, 0.4) is 0 Å². The Morgan fingerprint density at radius 1 is 1.12 bits per heavy atom. The number of amides is 3. The number of aliphatic hydroxyl groups is 1. The van der Waals surface area contributed by atoms with Gasteiger partial charge >= 0.3 is 12.6 Å². The monoisotopic (exact) mass is 586 g/mol. The van der Waals surface area contributed by atoms with Crippen LogP contribution in [0.2, 0.25) is 0 Å². The fourth-order valence-electron chi connectivity index (χ4n) is 5.86. The molecule has 0 unspecified atom stereocenters. The molecule has 3 aromatic rings. The topological polar surface area (TPSA) is 104 Å². The smallest absolute Gasteiger partial charge is 0.387 e. The number of hydrogen-bond donors (Lipinski definition) is 2. The number of ether oxygens (including phenoxy) is 2. The maximum atomic E-state index is 16.2. The summed E-state index contributed by atoms with van der Waals surface area (Å²) in [5, 5.41) is 14.4. The normalized spacial score (nSPS) is 21.1. The fraction of sp³-hybridized carbons (Fsp3) is 0.433. The van der Waals surface area contributed by atoms with Gasteiger partial charge in [0, 0.05) is 49.0 Å². The van der Waals surface area contributed by atoms with Crippen molar-refractivity contribution in [1.29, 1.82) is 0 Å². The zero-order chi connectivity index (χ0) is 30.2. The number of benzene rings is 2. The van der Waals surface area contributed by atoms with Gasteiger partial charge in [-0.3, -0.25) is 24.9 Å². The Kier molecular flexibility index (Phi) is 8.04. The summed E-state index contributed by atoms with van der Waals surface area (Å²) in [6.07, 6.45) is 1.81. The second-order valence-corrected chi connectivity index (χ2v) is 11.2. The maximum absolute atomic E-state index is 16.2. The van der Waals surface area contributed by atoms with Crippen molar-refractivity contribution < 1.29 is 37.3 Å². The van der Waals surface area contributed by atoms with E-state index >= 15 is 4.39 Å². The summed E-state index contributed by atoms with van der Waals surface area (Å²) in [6.45, 7) is 4.28. The predicted octanol–water partition coefficient (Wildman–Crippen LogP) is 4.94. The van der Waals surface area contributed by atoms with Crippen LogP contribution in [-0.2, 0) is 16.9 Å². The van der Waals surface area contributed by atoms with Crippen molar-refractivity contribution >= 4 is 28.5 Å². The van der Waals surface area contributed by atoms with Gasteiger partial charge in [0.25, 0.3) is 0 Å². The standard InChI is InChI=1S/C30H33F3N4O5/c1-4-41-24-13-18(5-8-23(24)42-27(32)33)16-36-12-10-30(40,29(2,3)17-36)21-6-7-22-20(26(21)31)14-19(15-34-22)37-11-9-25(38)35-28(37)39/h5-8,13-15,27,40H,4,9-12,16-17H2,1-3H3,(H,35,38,39)/t30-/m0/s1. The number of hydrogen-bond acceptors (Lipinski definition) is 7. The van der Waals surface area contributed by atoms with Gasteiger partial charge in [-0.05, 0) is 43.2 Å². The first-order valence-corrected chi connectivity index (χ1v) is 13.8. The van der Waals surface area contributed by atoms with E-state index < -0.39 is 29.5 Å². The highest BCUT2D eigenvalue weighted by molar-refractivity contribution is 6.06. The van der Waals surface area contributed by atoms with E-state index in [1.165, 1.54) is 23.2 Å². The van der Waals surface area contributed by atoms with E-state index in [1.54, 1.807) is 31.2 Å². The van der Waals surface area contributed by atoms with Crippen LogP contribution in [0.5, 0.6) is 11.5 Å². The van der Waals surface area contributed by atoms with Crippen molar-refractivity contribution in [2.45, 2.75) is 52.4 Å². The molecule has 9 nitrogen and oxygen atoms in total. The number of piperidine rings is 1. The van der Waals surface area contributed by atoms with Crippen LogP contribution < -0.4 is 19.7 Å². The van der Waals surface area contributed by atoms with Gasteiger partial charge < -0.3 is 14.6 Å². The van der Waals surface area contributed by atoms with Crippen LogP contribution in [0.1, 0.15) is 44.7 Å². The molecule has 2 aliphatic rings. The molecule has 3 amide bonds. The number of fused-ring (bicyclic) bond motifs is 1. The van der Waals surface area contributed by atoms with Crippen LogP contribution in [0.25, 0.3) is 10.9 Å². The average molecular weight is 587 g/mol. The number of urea groups is 1. The Labute approximate surface area is 241 Å². The Balaban J connectivity index is 1.39. The molecule has 3 heterocycles. The quantitative estimate of drug-likeness (QED) is 0.385.